The Hall–Kier alpha value is -0.750. The molecule has 0 heterocycles. The molecule has 88 valence electrons. The van der Waals surface area contributed by atoms with Crippen molar-refractivity contribution < 1.29 is 4.57 Å². The lowest BCUT2D eigenvalue weighted by atomic mass is 10.0. The smallest absolute Gasteiger partial charge is 0.0759 e. The van der Waals surface area contributed by atoms with Crippen LogP contribution in [0.2, 0.25) is 10.0 Å². The van der Waals surface area contributed by atoms with Gasteiger partial charge in [-0.3, -0.25) is 0 Å². The van der Waals surface area contributed by atoms with Gasteiger partial charge in [-0.15, -0.1) is 0 Å². The Morgan fingerprint density at radius 3 is 1.71 bits per heavy atom. The molecule has 0 aromatic heterocycles. The highest BCUT2D eigenvalue weighted by Crippen LogP contribution is 2.36. The van der Waals surface area contributed by atoms with E-state index in [0.29, 0.717) is 10.0 Å². The Bertz CT molecular complexity index is 497. The molecule has 0 aliphatic carbocycles. The summed E-state index contributed by atoms with van der Waals surface area (Å²) >= 11 is 11.9. The van der Waals surface area contributed by atoms with E-state index in [-0.39, 0.29) is 5.66 Å². The van der Waals surface area contributed by atoms with Crippen LogP contribution in [0.3, 0.4) is 0 Å². The van der Waals surface area contributed by atoms with E-state index in [1.807, 2.05) is 36.4 Å². The van der Waals surface area contributed by atoms with Crippen molar-refractivity contribution in [3.63, 3.8) is 0 Å². The fourth-order valence-corrected chi connectivity index (χ4v) is 2.88. The maximum Gasteiger partial charge on any atom is 0.0759 e. The predicted molar refractivity (Wildman–Crippen MR) is 75.1 cm³/mol. The maximum atomic E-state index is 11.5. The van der Waals surface area contributed by atoms with Gasteiger partial charge in [0.2, 0.25) is 0 Å². The van der Waals surface area contributed by atoms with Crippen LogP contribution in [0.5, 0.6) is 0 Å². The third-order valence-electron chi connectivity index (χ3n) is 2.55. The van der Waals surface area contributed by atoms with Gasteiger partial charge in [-0.05, 0) is 35.4 Å². The zero-order valence-corrected chi connectivity index (χ0v) is 11.6. The molecule has 1 nitrogen and oxygen atoms in total. The molecule has 2 aromatic carbocycles. The molecule has 2 aromatic rings. The second-order valence-corrected chi connectivity index (χ2v) is 5.54. The molecule has 0 fully saturated rings. The monoisotopic (exact) mass is 284 g/mol. The van der Waals surface area contributed by atoms with Crippen LogP contribution in [0.4, 0.5) is 0 Å². The molecule has 0 spiro atoms. The molecule has 0 saturated carbocycles. The van der Waals surface area contributed by atoms with Crippen LogP contribution < -0.4 is 0 Å². The molecule has 0 aliphatic heterocycles. The Balaban J connectivity index is 2.43. The highest BCUT2D eigenvalue weighted by molar-refractivity contribution is 7.24. The normalized spacial score (nSPS) is 11.5. The summed E-state index contributed by atoms with van der Waals surface area (Å²) < 4.78 is 11.5. The van der Waals surface area contributed by atoms with Crippen molar-refractivity contribution in [1.82, 2.24) is 0 Å². The second-order valence-electron chi connectivity index (χ2n) is 3.72. The molecule has 1 atom stereocenters. The first kappa shape index (κ1) is 12.7. The topological polar surface area (TPSA) is 17.1 Å². The van der Waals surface area contributed by atoms with Crippen molar-refractivity contribution in [1.29, 1.82) is 0 Å². The minimum atomic E-state index is -0.969. The highest BCUT2D eigenvalue weighted by atomic mass is 35.5. The molecule has 0 saturated heterocycles. The summed E-state index contributed by atoms with van der Waals surface area (Å²) in [5.41, 5.74) is 1.81. The molecule has 0 radical (unpaired) electrons. The summed E-state index contributed by atoms with van der Waals surface area (Å²) in [7, 11) is -0.969. The van der Waals surface area contributed by atoms with Crippen molar-refractivity contribution in [2.24, 2.45) is 0 Å². The van der Waals surface area contributed by atoms with Gasteiger partial charge in [0.25, 0.3) is 0 Å². The first-order valence-electron chi connectivity index (χ1n) is 5.17. The van der Waals surface area contributed by atoms with Crippen molar-refractivity contribution in [3.8, 4) is 0 Å². The summed E-state index contributed by atoms with van der Waals surface area (Å²) in [6, 6.07) is 14.9. The molecule has 0 N–H and O–H groups in total. The van der Waals surface area contributed by atoms with Gasteiger partial charge in [0.1, 0.15) is 0 Å². The van der Waals surface area contributed by atoms with Crippen molar-refractivity contribution >= 4 is 31.7 Å². The number of hydrogen-bond acceptors (Lipinski definition) is 1. The molecule has 4 heteroatoms. The summed E-state index contributed by atoms with van der Waals surface area (Å²) in [6.07, 6.45) is 0. The van der Waals surface area contributed by atoms with Crippen LogP contribution in [0.15, 0.2) is 48.5 Å². The van der Waals surface area contributed by atoms with Crippen molar-refractivity contribution in [3.05, 3.63) is 69.7 Å². The van der Waals surface area contributed by atoms with Crippen LogP contribution in [0, 0.1) is 0 Å². The standard InChI is InChI=1S/C13H11Cl2OP/c14-11-5-1-3-9(7-11)13(17-16)10-4-2-6-12(15)8-10/h1-8,13H,17H2. The van der Waals surface area contributed by atoms with Gasteiger partial charge < -0.3 is 4.57 Å². The highest BCUT2D eigenvalue weighted by Gasteiger charge is 2.12. The van der Waals surface area contributed by atoms with E-state index in [0.717, 1.165) is 11.1 Å². The number of rotatable bonds is 3. The van der Waals surface area contributed by atoms with E-state index < -0.39 is 8.46 Å². The molecule has 17 heavy (non-hydrogen) atoms. The van der Waals surface area contributed by atoms with Crippen LogP contribution in [0.1, 0.15) is 16.8 Å². The quantitative estimate of drug-likeness (QED) is 0.737. The first-order valence-corrected chi connectivity index (χ1v) is 7.06. The van der Waals surface area contributed by atoms with E-state index in [1.54, 1.807) is 12.1 Å². The van der Waals surface area contributed by atoms with Crippen molar-refractivity contribution in [2.45, 2.75) is 5.66 Å². The van der Waals surface area contributed by atoms with E-state index in [1.165, 1.54) is 0 Å². The van der Waals surface area contributed by atoms with E-state index >= 15 is 0 Å². The van der Waals surface area contributed by atoms with Gasteiger partial charge in [-0.2, -0.15) is 0 Å². The van der Waals surface area contributed by atoms with Gasteiger partial charge in [0, 0.05) is 10.0 Å². The van der Waals surface area contributed by atoms with E-state index in [2.05, 4.69) is 0 Å². The van der Waals surface area contributed by atoms with E-state index in [4.69, 9.17) is 23.2 Å². The second kappa shape index (κ2) is 5.73. The largest absolute Gasteiger partial charge is 0.329 e. The fraction of sp³-hybridized carbons (Fsp3) is 0.0769. The van der Waals surface area contributed by atoms with Crippen LogP contribution in [0.25, 0.3) is 0 Å². The predicted octanol–water partition coefficient (Wildman–Crippen LogP) is 4.84. The first-order chi connectivity index (χ1) is 8.20. The Labute approximate surface area is 112 Å². The third kappa shape index (κ3) is 3.13. The molecule has 0 amide bonds. The zero-order valence-electron chi connectivity index (χ0n) is 8.94. The molecule has 1 unspecified atom stereocenters. The number of hydrogen-bond donors (Lipinski definition) is 0. The van der Waals surface area contributed by atoms with Gasteiger partial charge in [-0.1, -0.05) is 47.5 Å². The third-order valence-corrected chi connectivity index (χ3v) is 4.06. The number of halogens is 2. The lowest BCUT2D eigenvalue weighted by Crippen LogP contribution is -1.93. The van der Waals surface area contributed by atoms with E-state index in [9.17, 15) is 4.57 Å². The Morgan fingerprint density at radius 2 is 1.35 bits per heavy atom. The molecular formula is C13H11Cl2OP. The minimum Gasteiger partial charge on any atom is -0.329 e. The average Bonchev–Trinajstić information content (AvgIpc) is 2.30. The average molecular weight is 285 g/mol. The van der Waals surface area contributed by atoms with Crippen LogP contribution >= 0.6 is 31.7 Å². The van der Waals surface area contributed by atoms with Crippen molar-refractivity contribution in [2.75, 3.05) is 0 Å². The lowest BCUT2D eigenvalue weighted by molar-refractivity contribution is 0.595. The summed E-state index contributed by atoms with van der Waals surface area (Å²) in [6.45, 7) is 0. The summed E-state index contributed by atoms with van der Waals surface area (Å²) in [5.74, 6) is 0. The molecule has 0 bridgehead atoms. The van der Waals surface area contributed by atoms with Gasteiger partial charge in [0.05, 0.1) is 14.1 Å². The van der Waals surface area contributed by atoms with Gasteiger partial charge in [-0.25, -0.2) is 0 Å². The molecule has 2 rings (SSSR count). The van der Waals surface area contributed by atoms with Crippen LogP contribution in [-0.2, 0) is 4.57 Å². The Morgan fingerprint density at radius 1 is 0.882 bits per heavy atom. The SMILES string of the molecule is O=[PH2]C(c1cccc(Cl)c1)c1cccc(Cl)c1. The lowest BCUT2D eigenvalue weighted by Gasteiger charge is -2.12. The summed E-state index contributed by atoms with van der Waals surface area (Å²) in [4.78, 5) is 0. The fourth-order valence-electron chi connectivity index (χ4n) is 1.75. The number of benzene rings is 2. The maximum absolute atomic E-state index is 11.5. The van der Waals surface area contributed by atoms with Crippen LogP contribution in [-0.4, -0.2) is 0 Å². The van der Waals surface area contributed by atoms with Gasteiger partial charge in [0.15, 0.2) is 0 Å². The molecule has 0 aliphatic rings. The van der Waals surface area contributed by atoms with Gasteiger partial charge >= 0.3 is 0 Å². The Kier molecular flexibility index (Phi) is 4.28. The molecular weight excluding hydrogens is 274 g/mol. The summed E-state index contributed by atoms with van der Waals surface area (Å²) in [5, 5.41) is 1.31. The zero-order chi connectivity index (χ0) is 12.3. The minimum absolute atomic E-state index is 0.118.